The molecule has 0 spiro atoms. The number of rotatable bonds is 5. The van der Waals surface area contributed by atoms with Crippen LogP contribution in [0.3, 0.4) is 0 Å². The first-order valence-electron chi connectivity index (χ1n) is 13.6. The van der Waals surface area contributed by atoms with Gasteiger partial charge in [0.25, 0.3) is 0 Å². The molecule has 0 saturated heterocycles. The van der Waals surface area contributed by atoms with Crippen molar-refractivity contribution in [3.05, 3.63) is 125 Å². The molecule has 0 unspecified atom stereocenters. The van der Waals surface area contributed by atoms with Gasteiger partial charge in [-0.05, 0) is 74.7 Å². The first kappa shape index (κ1) is 27.4. The number of fused-ring (bicyclic) bond motifs is 2. The highest BCUT2D eigenvalue weighted by Gasteiger charge is 2.22. The highest BCUT2D eigenvalue weighted by Crippen LogP contribution is 2.42. The van der Waals surface area contributed by atoms with Gasteiger partial charge < -0.3 is 14.3 Å². The lowest BCUT2D eigenvalue weighted by Crippen LogP contribution is -2.70. The second kappa shape index (κ2) is 10.6. The minimum absolute atomic E-state index is 0.269. The molecule has 0 saturated carbocycles. The van der Waals surface area contributed by atoms with Gasteiger partial charge >= 0.3 is 0 Å². The van der Waals surface area contributed by atoms with Crippen LogP contribution in [-0.2, 0) is 10.1 Å². The fourth-order valence-electron chi connectivity index (χ4n) is 5.28. The average molecular weight is 575 g/mol. The largest absolute Gasteiger partial charge is 0.744 e. The van der Waals surface area contributed by atoms with Gasteiger partial charge in [0, 0.05) is 57.2 Å². The summed E-state index contributed by atoms with van der Waals surface area (Å²) in [4.78, 5) is 3.22. The third-order valence-electron chi connectivity index (χ3n) is 7.49. The van der Waals surface area contributed by atoms with Crippen LogP contribution in [-0.4, -0.2) is 13.0 Å². The van der Waals surface area contributed by atoms with E-state index in [2.05, 4.69) is 46.7 Å². The summed E-state index contributed by atoms with van der Waals surface area (Å²) < 4.78 is 43.5. The van der Waals surface area contributed by atoms with Crippen molar-refractivity contribution in [1.29, 1.82) is 0 Å². The summed E-state index contributed by atoms with van der Waals surface area (Å²) in [6, 6.07) is 30.2. The van der Waals surface area contributed by atoms with Crippen LogP contribution < -0.4 is 15.7 Å². The lowest BCUT2D eigenvalue weighted by molar-refractivity contribution is -0.403. The summed E-state index contributed by atoms with van der Waals surface area (Å²) in [5.74, 6) is 0.551. The van der Waals surface area contributed by atoms with Gasteiger partial charge in [0.05, 0.1) is 11.0 Å². The van der Waals surface area contributed by atoms with E-state index in [1.54, 1.807) is 18.2 Å². The molecule has 2 N–H and O–H groups in total. The van der Waals surface area contributed by atoms with Gasteiger partial charge in [-0.25, -0.2) is 13.4 Å². The van der Waals surface area contributed by atoms with Gasteiger partial charge in [-0.1, -0.05) is 42.5 Å². The van der Waals surface area contributed by atoms with E-state index in [0.29, 0.717) is 33.4 Å². The quantitative estimate of drug-likeness (QED) is 0.184. The first-order chi connectivity index (χ1) is 20.1. The van der Waals surface area contributed by atoms with E-state index in [1.807, 2.05) is 64.1 Å². The van der Waals surface area contributed by atoms with Crippen LogP contribution in [0.2, 0.25) is 0 Å². The normalized spacial score (nSPS) is 12.3. The molecule has 210 valence electrons. The summed E-state index contributed by atoms with van der Waals surface area (Å²) in [6.07, 6.45) is 0. The summed E-state index contributed by atoms with van der Waals surface area (Å²) >= 11 is 0. The topological polar surface area (TPSA) is 96.3 Å². The van der Waals surface area contributed by atoms with Crippen molar-refractivity contribution in [2.24, 2.45) is 0 Å². The zero-order chi connectivity index (χ0) is 29.6. The van der Waals surface area contributed by atoms with Gasteiger partial charge in [0.2, 0.25) is 11.0 Å². The summed E-state index contributed by atoms with van der Waals surface area (Å²) in [7, 11) is -4.74. The van der Waals surface area contributed by atoms with E-state index in [0.717, 1.165) is 44.7 Å². The molecule has 42 heavy (non-hydrogen) atoms. The molecule has 0 atom stereocenters. The number of hydrogen-bond acceptors (Lipinski definition) is 5. The molecule has 0 bridgehead atoms. The molecule has 1 aliphatic heterocycles. The van der Waals surface area contributed by atoms with Crippen molar-refractivity contribution in [2.45, 2.75) is 32.6 Å². The number of hydrogen-bond donors (Lipinski definition) is 2. The molecule has 6 rings (SSSR count). The molecule has 7 heteroatoms. The first-order valence-corrected chi connectivity index (χ1v) is 15.1. The van der Waals surface area contributed by atoms with Crippen molar-refractivity contribution >= 4 is 38.1 Å². The third kappa shape index (κ3) is 5.32. The Morgan fingerprint density at radius 1 is 0.738 bits per heavy atom. The van der Waals surface area contributed by atoms with Crippen molar-refractivity contribution < 1.29 is 22.4 Å². The molecule has 4 aromatic rings. The van der Waals surface area contributed by atoms with Gasteiger partial charge in [-0.15, -0.1) is 0 Å². The minimum Gasteiger partial charge on any atom is -0.744 e. The van der Waals surface area contributed by atoms with Crippen molar-refractivity contribution in [1.82, 2.24) is 0 Å². The Labute approximate surface area is 245 Å². The molecule has 6 nitrogen and oxygen atoms in total. The van der Waals surface area contributed by atoms with Crippen molar-refractivity contribution in [3.63, 3.8) is 0 Å². The summed E-state index contributed by atoms with van der Waals surface area (Å²) in [5, 5.41) is 5.00. The van der Waals surface area contributed by atoms with Crippen molar-refractivity contribution in [3.8, 4) is 22.5 Å². The second-order valence-corrected chi connectivity index (χ2v) is 12.1. The number of anilines is 2. The predicted molar refractivity (Wildman–Crippen MR) is 165 cm³/mol. The second-order valence-electron chi connectivity index (χ2n) is 10.7. The Morgan fingerprint density at radius 3 is 2.26 bits per heavy atom. The van der Waals surface area contributed by atoms with Crippen LogP contribution >= 0.6 is 0 Å². The van der Waals surface area contributed by atoms with Gasteiger partial charge in [0.15, 0.2) is 0 Å². The Bertz CT molecular complexity index is 2150. The maximum absolute atomic E-state index is 12.3. The molecule has 0 amide bonds. The maximum Gasteiger partial charge on any atom is 0.207 e. The van der Waals surface area contributed by atoms with E-state index in [9.17, 15) is 13.0 Å². The standard InChI is InChI=1S/C35H30N2O4S/c1-21-9-11-23(3)30(17-21)36-25-13-15-27-32(19-25)41-33-20-26(37-31-18-22(2)10-12-24(31)4)14-16-28(33)35(27)29-7-5-6-8-34(29)42(38,39)40/h5-20,36H,1-4H3,(H,38,39,40). The maximum atomic E-state index is 12.3. The molecule has 1 heterocycles. The Balaban J connectivity index is 1.62. The van der Waals surface area contributed by atoms with Gasteiger partial charge in [0.1, 0.15) is 21.5 Å². The van der Waals surface area contributed by atoms with E-state index in [4.69, 9.17) is 4.42 Å². The molecule has 4 aromatic carbocycles. The van der Waals surface area contributed by atoms with Crippen LogP contribution in [0.25, 0.3) is 33.4 Å². The lowest BCUT2D eigenvalue weighted by Gasteiger charge is -2.19. The number of benzene rings is 5. The zero-order valence-corrected chi connectivity index (χ0v) is 24.6. The Kier molecular flexibility index (Phi) is 6.93. The number of aryl methyl sites for hydroxylation is 4. The van der Waals surface area contributed by atoms with E-state index in [1.165, 1.54) is 6.07 Å². The Morgan fingerprint density at radius 2 is 1.48 bits per heavy atom. The van der Waals surface area contributed by atoms with Crippen LogP contribution in [0.5, 0.6) is 0 Å². The summed E-state index contributed by atoms with van der Waals surface area (Å²) in [5.41, 5.74) is 9.48. The van der Waals surface area contributed by atoms with Gasteiger partial charge in [-0.2, -0.15) is 0 Å². The molecule has 0 aromatic heterocycles. The lowest BCUT2D eigenvalue weighted by atomic mass is 9.93. The molecule has 0 radical (unpaired) electrons. The summed E-state index contributed by atoms with van der Waals surface area (Å²) in [6.45, 7) is 8.18. The Hall–Kier alpha value is -4.72. The van der Waals surface area contributed by atoms with Crippen LogP contribution in [0, 0.1) is 27.7 Å². The van der Waals surface area contributed by atoms with Crippen molar-refractivity contribution in [2.75, 3.05) is 5.32 Å². The van der Waals surface area contributed by atoms with E-state index >= 15 is 0 Å². The SMILES string of the molecule is Cc1ccc(C)c(Nc2ccc3c(-c4ccccc4S(=O)(=O)[O-])c4ccc(=[NH+]c5cc(C)ccc5C)cc-4oc3c2)c1. The molecule has 2 aliphatic rings. The molecular weight excluding hydrogens is 544 g/mol. The smallest absolute Gasteiger partial charge is 0.207 e. The minimum atomic E-state index is -4.74. The molecular formula is C35H30N2O4S. The van der Waals surface area contributed by atoms with Crippen LogP contribution in [0.1, 0.15) is 22.3 Å². The van der Waals surface area contributed by atoms with Crippen LogP contribution in [0.4, 0.5) is 17.1 Å². The van der Waals surface area contributed by atoms with Crippen LogP contribution in [0.15, 0.2) is 106 Å². The monoisotopic (exact) mass is 574 g/mol. The highest BCUT2D eigenvalue weighted by atomic mass is 32.2. The fourth-order valence-corrected chi connectivity index (χ4v) is 5.96. The van der Waals surface area contributed by atoms with E-state index in [-0.39, 0.29) is 4.90 Å². The molecule has 0 fully saturated rings. The highest BCUT2D eigenvalue weighted by molar-refractivity contribution is 7.85. The van der Waals surface area contributed by atoms with Gasteiger partial charge in [-0.3, -0.25) is 0 Å². The molecule has 1 aliphatic carbocycles. The third-order valence-corrected chi connectivity index (χ3v) is 8.39. The average Bonchev–Trinajstić information content (AvgIpc) is 2.95. The zero-order valence-electron chi connectivity index (χ0n) is 23.8. The fraction of sp³-hybridized carbons (Fsp3) is 0.114. The van der Waals surface area contributed by atoms with E-state index < -0.39 is 10.1 Å². The number of nitrogens with one attached hydrogen (secondary N) is 2. The predicted octanol–water partition coefficient (Wildman–Crippen LogP) is 6.40.